The first-order chi connectivity index (χ1) is 6.29. The van der Waals surface area contributed by atoms with E-state index in [0.717, 1.165) is 10.8 Å². The summed E-state index contributed by atoms with van der Waals surface area (Å²) in [6.45, 7) is 0. The van der Waals surface area contributed by atoms with Crippen molar-refractivity contribution in [2.75, 3.05) is 0 Å². The third-order valence-corrected chi connectivity index (χ3v) is 1.91. The zero-order valence-electron chi connectivity index (χ0n) is 7.18. The molecule has 0 saturated carbocycles. The molecule has 0 unspecified atom stereocenters. The van der Waals surface area contributed by atoms with Crippen molar-refractivity contribution in [2.45, 2.75) is 0 Å². The topological polar surface area (TPSA) is 50.2 Å². The molecule has 14 heavy (non-hydrogen) atoms. The van der Waals surface area contributed by atoms with Gasteiger partial charge in [-0.25, -0.2) is 4.79 Å². The van der Waals surface area contributed by atoms with Crippen LogP contribution in [0.3, 0.4) is 0 Å². The zero-order valence-corrected chi connectivity index (χ0v) is 7.99. The summed E-state index contributed by atoms with van der Waals surface area (Å²) in [6, 6.07) is 6.85. The summed E-state index contributed by atoms with van der Waals surface area (Å²) < 4.78 is 0. The van der Waals surface area contributed by atoms with Crippen LogP contribution in [0.2, 0.25) is 0 Å². The maximum Gasteiger partial charge on any atom is 0.336 e. The molecule has 0 fully saturated rings. The molecule has 0 amide bonds. The average Bonchev–Trinajstić information content (AvgIpc) is 2.17. The van der Waals surface area contributed by atoms with E-state index in [9.17, 15) is 4.79 Å². The Kier molecular flexibility index (Phi) is 3.04. The molecule has 0 bridgehead atoms. The molecule has 0 spiro atoms. The molecule has 72 valence electrons. The van der Waals surface area contributed by atoms with Crippen molar-refractivity contribution in [2.24, 2.45) is 0 Å². The second kappa shape index (κ2) is 4.07. The fourth-order valence-corrected chi connectivity index (χ4v) is 1.31. The fourth-order valence-electron chi connectivity index (χ4n) is 1.31. The van der Waals surface area contributed by atoms with Crippen LogP contribution < -0.4 is 0 Å². The molecule has 2 rings (SSSR count). The summed E-state index contributed by atoms with van der Waals surface area (Å²) in [5.74, 6) is -0.906. The fraction of sp³-hybridized carbons (Fsp3) is 0. The van der Waals surface area contributed by atoms with E-state index < -0.39 is 5.97 Å². The minimum absolute atomic E-state index is 0. The first-order valence-electron chi connectivity index (χ1n) is 3.85. The lowest BCUT2D eigenvalue weighted by Crippen LogP contribution is -1.96. The van der Waals surface area contributed by atoms with E-state index in [4.69, 9.17) is 5.11 Å². The van der Waals surface area contributed by atoms with E-state index in [1.807, 2.05) is 6.07 Å². The molecule has 0 saturated heterocycles. The number of aromatic nitrogens is 1. The van der Waals surface area contributed by atoms with Gasteiger partial charge >= 0.3 is 5.97 Å². The van der Waals surface area contributed by atoms with E-state index in [2.05, 4.69) is 4.98 Å². The van der Waals surface area contributed by atoms with Crippen LogP contribution in [0, 0.1) is 0 Å². The van der Waals surface area contributed by atoms with Crippen molar-refractivity contribution in [1.82, 2.24) is 4.98 Å². The Balaban J connectivity index is 0.000000980. The predicted molar refractivity (Wildman–Crippen MR) is 56.0 cm³/mol. The molecule has 1 heterocycles. The summed E-state index contributed by atoms with van der Waals surface area (Å²) in [4.78, 5) is 14.7. The number of rotatable bonds is 1. The Morgan fingerprint density at radius 1 is 1.29 bits per heavy atom. The third-order valence-electron chi connectivity index (χ3n) is 1.91. The Hall–Kier alpha value is -1.61. The van der Waals surface area contributed by atoms with Crippen LogP contribution in [0.1, 0.15) is 10.4 Å². The molecule has 3 nitrogen and oxygen atoms in total. The maximum atomic E-state index is 10.8. The number of carboxylic acids is 1. The third kappa shape index (κ3) is 1.67. The van der Waals surface area contributed by atoms with Gasteiger partial charge in [0.05, 0.1) is 5.56 Å². The van der Waals surface area contributed by atoms with Gasteiger partial charge in [0.2, 0.25) is 0 Å². The lowest BCUT2D eigenvalue weighted by Gasteiger charge is -1.99. The van der Waals surface area contributed by atoms with Gasteiger partial charge in [0, 0.05) is 17.8 Å². The van der Waals surface area contributed by atoms with Crippen molar-refractivity contribution < 1.29 is 9.90 Å². The van der Waals surface area contributed by atoms with Crippen molar-refractivity contribution >= 4 is 29.1 Å². The highest BCUT2D eigenvalue weighted by Gasteiger charge is 2.06. The molecule has 4 heteroatoms. The summed E-state index contributed by atoms with van der Waals surface area (Å²) in [5.41, 5.74) is 0.319. The number of carboxylic acid groups (broad SMARTS) is 1. The molecule has 0 radical (unpaired) electrons. The highest BCUT2D eigenvalue weighted by Crippen LogP contribution is 2.16. The van der Waals surface area contributed by atoms with E-state index in [-0.39, 0.29) is 12.4 Å². The van der Waals surface area contributed by atoms with Crippen molar-refractivity contribution in [3.63, 3.8) is 0 Å². The quantitative estimate of drug-likeness (QED) is 0.785. The maximum absolute atomic E-state index is 10.8. The first kappa shape index (κ1) is 10.5. The lowest BCUT2D eigenvalue weighted by molar-refractivity contribution is 0.0699. The molecule has 0 atom stereocenters. The summed E-state index contributed by atoms with van der Waals surface area (Å²) in [6.07, 6.45) is 3.25. The predicted octanol–water partition coefficient (Wildman–Crippen LogP) is 2.35. The highest BCUT2D eigenvalue weighted by molar-refractivity contribution is 6.03. The Bertz CT molecular complexity index is 465. The second-order valence-corrected chi connectivity index (χ2v) is 2.71. The van der Waals surface area contributed by atoms with Gasteiger partial charge in [-0.15, -0.1) is 12.4 Å². The molecule has 1 aromatic carbocycles. The van der Waals surface area contributed by atoms with Gasteiger partial charge in [0.15, 0.2) is 0 Å². The van der Waals surface area contributed by atoms with Crippen LogP contribution in [-0.4, -0.2) is 16.1 Å². The van der Waals surface area contributed by atoms with Crippen LogP contribution in [-0.2, 0) is 0 Å². The number of aromatic carboxylic acids is 1. The summed E-state index contributed by atoms with van der Waals surface area (Å²) in [7, 11) is 0. The van der Waals surface area contributed by atoms with E-state index in [1.54, 1.807) is 30.6 Å². The van der Waals surface area contributed by atoms with Crippen molar-refractivity contribution in [3.05, 3.63) is 42.2 Å². The standard InChI is InChI=1S/C10H7NO2.ClH/c12-10(13)9-3-1-2-7-6-11-5-4-8(7)9;/h1-6H,(H,12,13);1H. The number of halogens is 1. The van der Waals surface area contributed by atoms with Gasteiger partial charge in [0.25, 0.3) is 0 Å². The van der Waals surface area contributed by atoms with Crippen LogP contribution in [0.25, 0.3) is 10.8 Å². The van der Waals surface area contributed by atoms with Gasteiger partial charge in [-0.05, 0) is 17.5 Å². The highest BCUT2D eigenvalue weighted by atomic mass is 35.5. The smallest absolute Gasteiger partial charge is 0.336 e. The average molecular weight is 210 g/mol. The number of pyridine rings is 1. The molecule has 2 aromatic rings. The molecular weight excluding hydrogens is 202 g/mol. The molecule has 1 aromatic heterocycles. The Morgan fingerprint density at radius 2 is 2.07 bits per heavy atom. The minimum Gasteiger partial charge on any atom is -0.478 e. The van der Waals surface area contributed by atoms with Gasteiger partial charge in [0.1, 0.15) is 0 Å². The molecule has 1 N–H and O–H groups in total. The van der Waals surface area contributed by atoms with E-state index >= 15 is 0 Å². The minimum atomic E-state index is -0.906. The molecule has 0 aliphatic heterocycles. The van der Waals surface area contributed by atoms with E-state index in [0.29, 0.717) is 5.56 Å². The summed E-state index contributed by atoms with van der Waals surface area (Å²) in [5, 5.41) is 10.4. The molecule has 0 aliphatic rings. The van der Waals surface area contributed by atoms with Crippen molar-refractivity contribution in [3.8, 4) is 0 Å². The Labute approximate surface area is 86.8 Å². The van der Waals surface area contributed by atoms with Gasteiger partial charge in [-0.3, -0.25) is 4.98 Å². The van der Waals surface area contributed by atoms with Crippen LogP contribution in [0.5, 0.6) is 0 Å². The number of hydrogen-bond acceptors (Lipinski definition) is 2. The number of nitrogens with zero attached hydrogens (tertiary/aromatic N) is 1. The normalized spacial score (nSPS) is 9.43. The molecule has 0 aliphatic carbocycles. The van der Waals surface area contributed by atoms with Gasteiger partial charge < -0.3 is 5.11 Å². The lowest BCUT2D eigenvalue weighted by atomic mass is 10.1. The summed E-state index contributed by atoms with van der Waals surface area (Å²) >= 11 is 0. The Morgan fingerprint density at radius 3 is 2.79 bits per heavy atom. The monoisotopic (exact) mass is 209 g/mol. The second-order valence-electron chi connectivity index (χ2n) is 2.71. The number of fused-ring (bicyclic) bond motifs is 1. The van der Waals surface area contributed by atoms with Crippen LogP contribution in [0.4, 0.5) is 0 Å². The SMILES string of the molecule is Cl.O=C(O)c1cccc2cnccc12. The largest absolute Gasteiger partial charge is 0.478 e. The first-order valence-corrected chi connectivity index (χ1v) is 3.85. The van der Waals surface area contributed by atoms with Crippen molar-refractivity contribution in [1.29, 1.82) is 0 Å². The number of carbonyl (C=O) groups is 1. The number of hydrogen-bond donors (Lipinski definition) is 1. The van der Waals surface area contributed by atoms with E-state index in [1.165, 1.54) is 0 Å². The zero-order chi connectivity index (χ0) is 9.26. The van der Waals surface area contributed by atoms with Crippen LogP contribution in [0.15, 0.2) is 36.7 Å². The van der Waals surface area contributed by atoms with Gasteiger partial charge in [-0.2, -0.15) is 0 Å². The van der Waals surface area contributed by atoms with Crippen LogP contribution >= 0.6 is 12.4 Å². The molecular formula is C10H8ClNO2. The van der Waals surface area contributed by atoms with Gasteiger partial charge in [-0.1, -0.05) is 12.1 Å². The number of benzene rings is 1.